The number of nitrogens with one attached hydrogen (secondary N) is 2. The molecular formula is C16H14F4N2O3S. The van der Waals surface area contributed by atoms with Gasteiger partial charge in [0.2, 0.25) is 15.9 Å². The second kappa shape index (κ2) is 7.83. The Labute approximate surface area is 147 Å². The van der Waals surface area contributed by atoms with Crippen molar-refractivity contribution in [3.05, 3.63) is 65.5 Å². The lowest BCUT2D eigenvalue weighted by atomic mass is 10.1. The molecule has 2 aromatic rings. The summed E-state index contributed by atoms with van der Waals surface area (Å²) in [5.74, 6) is -2.04. The van der Waals surface area contributed by atoms with E-state index in [0.717, 1.165) is 24.3 Å². The lowest BCUT2D eigenvalue weighted by Gasteiger charge is -2.10. The number of hydrogen-bond acceptors (Lipinski definition) is 3. The molecule has 0 unspecified atom stereocenters. The highest BCUT2D eigenvalue weighted by Gasteiger charge is 2.30. The third-order valence-corrected chi connectivity index (χ3v) is 4.47. The Morgan fingerprint density at radius 1 is 1.04 bits per heavy atom. The van der Waals surface area contributed by atoms with Crippen molar-refractivity contribution < 1.29 is 30.8 Å². The molecule has 0 aliphatic carbocycles. The quantitative estimate of drug-likeness (QED) is 0.745. The Hall–Kier alpha value is -2.46. The average Bonchev–Trinajstić information content (AvgIpc) is 2.52. The Morgan fingerprint density at radius 2 is 1.73 bits per heavy atom. The molecule has 0 saturated heterocycles. The third-order valence-electron chi connectivity index (χ3n) is 3.17. The van der Waals surface area contributed by atoms with Crippen molar-refractivity contribution in [2.24, 2.45) is 0 Å². The van der Waals surface area contributed by atoms with Gasteiger partial charge in [0.25, 0.3) is 0 Å². The van der Waals surface area contributed by atoms with Crippen molar-refractivity contribution in [3.63, 3.8) is 0 Å². The number of alkyl halides is 3. The van der Waals surface area contributed by atoms with E-state index in [1.54, 1.807) is 0 Å². The maximum atomic E-state index is 13.0. The fourth-order valence-corrected chi connectivity index (χ4v) is 3.13. The predicted molar refractivity (Wildman–Crippen MR) is 87.1 cm³/mol. The molecule has 0 bridgehead atoms. The summed E-state index contributed by atoms with van der Waals surface area (Å²) in [7, 11) is -4.04. The monoisotopic (exact) mass is 390 g/mol. The number of benzene rings is 2. The van der Waals surface area contributed by atoms with E-state index in [4.69, 9.17) is 0 Å². The number of sulfonamides is 1. The Kier molecular flexibility index (Phi) is 5.98. The fraction of sp³-hybridized carbons (Fsp3) is 0.188. The molecule has 0 heterocycles. The van der Waals surface area contributed by atoms with Crippen LogP contribution in [0.1, 0.15) is 11.1 Å². The standard InChI is InChI=1S/C16H14F4N2O3S/c17-13-5-2-6-14(8-13)22-15(23)9-21-26(24,25)10-11-3-1-4-12(7-11)16(18,19)20/h1-8,21H,9-10H2,(H,22,23). The molecule has 0 aromatic heterocycles. The van der Waals surface area contributed by atoms with E-state index in [-0.39, 0.29) is 11.3 Å². The van der Waals surface area contributed by atoms with Gasteiger partial charge in [-0.25, -0.2) is 17.5 Å². The summed E-state index contributed by atoms with van der Waals surface area (Å²) in [5.41, 5.74) is -0.890. The zero-order chi connectivity index (χ0) is 19.4. The van der Waals surface area contributed by atoms with Crippen LogP contribution < -0.4 is 10.0 Å². The van der Waals surface area contributed by atoms with Crippen LogP contribution >= 0.6 is 0 Å². The molecule has 26 heavy (non-hydrogen) atoms. The molecule has 0 aliphatic heterocycles. The summed E-state index contributed by atoms with van der Waals surface area (Å²) in [6.07, 6.45) is -4.59. The number of halogens is 4. The van der Waals surface area contributed by atoms with Crippen LogP contribution in [0.4, 0.5) is 23.2 Å². The molecule has 2 N–H and O–H groups in total. The number of anilines is 1. The van der Waals surface area contributed by atoms with Gasteiger partial charge in [-0.05, 0) is 29.8 Å². The van der Waals surface area contributed by atoms with E-state index in [9.17, 15) is 30.8 Å². The summed E-state index contributed by atoms with van der Waals surface area (Å²) in [6.45, 7) is -0.641. The Balaban J connectivity index is 1.95. The second-order valence-corrected chi connectivity index (χ2v) is 7.14. The van der Waals surface area contributed by atoms with Gasteiger partial charge in [-0.2, -0.15) is 13.2 Å². The van der Waals surface area contributed by atoms with Gasteiger partial charge in [0, 0.05) is 5.69 Å². The lowest BCUT2D eigenvalue weighted by molar-refractivity contribution is -0.137. The van der Waals surface area contributed by atoms with Crippen LogP contribution in [0.5, 0.6) is 0 Å². The minimum absolute atomic E-state index is 0.0714. The van der Waals surface area contributed by atoms with E-state index in [1.807, 2.05) is 4.72 Å². The summed E-state index contributed by atoms with van der Waals surface area (Å²) >= 11 is 0. The highest BCUT2D eigenvalue weighted by Crippen LogP contribution is 2.29. The smallest absolute Gasteiger partial charge is 0.325 e. The first kappa shape index (κ1) is 19.9. The van der Waals surface area contributed by atoms with Crippen LogP contribution in [-0.2, 0) is 26.7 Å². The van der Waals surface area contributed by atoms with Crippen LogP contribution in [0.2, 0.25) is 0 Å². The van der Waals surface area contributed by atoms with Crippen molar-refractivity contribution in [1.82, 2.24) is 4.72 Å². The normalized spacial score (nSPS) is 12.0. The van der Waals surface area contributed by atoms with Gasteiger partial charge in [0.05, 0.1) is 17.9 Å². The lowest BCUT2D eigenvalue weighted by Crippen LogP contribution is -2.33. The summed E-state index contributed by atoms with van der Waals surface area (Å²) < 4.78 is 76.8. The van der Waals surface area contributed by atoms with Crippen molar-refractivity contribution in [3.8, 4) is 0 Å². The largest absolute Gasteiger partial charge is 0.416 e. The van der Waals surface area contributed by atoms with Crippen LogP contribution in [0.25, 0.3) is 0 Å². The van der Waals surface area contributed by atoms with Crippen LogP contribution in [0.3, 0.4) is 0 Å². The number of carbonyl (C=O) groups excluding carboxylic acids is 1. The number of amides is 1. The minimum atomic E-state index is -4.59. The van der Waals surface area contributed by atoms with Gasteiger partial charge in [-0.3, -0.25) is 4.79 Å². The Morgan fingerprint density at radius 3 is 2.38 bits per heavy atom. The molecule has 10 heteroatoms. The van der Waals surface area contributed by atoms with E-state index >= 15 is 0 Å². The maximum absolute atomic E-state index is 13.0. The van der Waals surface area contributed by atoms with Gasteiger partial charge in [0.1, 0.15) is 5.82 Å². The minimum Gasteiger partial charge on any atom is -0.325 e. The first-order chi connectivity index (χ1) is 12.0. The van der Waals surface area contributed by atoms with E-state index in [0.29, 0.717) is 0 Å². The predicted octanol–water partition coefficient (Wildman–Crippen LogP) is 2.90. The first-order valence-electron chi connectivity index (χ1n) is 7.24. The molecule has 0 atom stereocenters. The molecule has 2 aromatic carbocycles. The molecule has 5 nitrogen and oxygen atoms in total. The van der Waals surface area contributed by atoms with E-state index in [2.05, 4.69) is 5.32 Å². The number of carbonyl (C=O) groups is 1. The van der Waals surface area contributed by atoms with E-state index < -0.39 is 45.8 Å². The molecule has 2 rings (SSSR count). The molecule has 0 aliphatic rings. The van der Waals surface area contributed by atoms with Gasteiger partial charge in [-0.1, -0.05) is 24.3 Å². The van der Waals surface area contributed by atoms with Crippen LogP contribution in [0.15, 0.2) is 48.5 Å². The van der Waals surface area contributed by atoms with Crippen LogP contribution in [-0.4, -0.2) is 20.9 Å². The average molecular weight is 390 g/mol. The van der Waals surface area contributed by atoms with Crippen molar-refractivity contribution in [1.29, 1.82) is 0 Å². The van der Waals surface area contributed by atoms with Crippen LogP contribution in [0, 0.1) is 5.82 Å². The highest BCUT2D eigenvalue weighted by atomic mass is 32.2. The first-order valence-corrected chi connectivity index (χ1v) is 8.89. The highest BCUT2D eigenvalue weighted by molar-refractivity contribution is 7.88. The summed E-state index contributed by atoms with van der Waals surface area (Å²) in [4.78, 5) is 11.7. The van der Waals surface area contributed by atoms with Gasteiger partial charge >= 0.3 is 6.18 Å². The molecule has 0 spiro atoms. The molecule has 1 amide bonds. The van der Waals surface area contributed by atoms with Gasteiger partial charge in [-0.15, -0.1) is 0 Å². The topological polar surface area (TPSA) is 75.3 Å². The maximum Gasteiger partial charge on any atom is 0.416 e. The Bertz CT molecular complexity index is 898. The molecule has 0 fully saturated rings. The summed E-state index contributed by atoms with van der Waals surface area (Å²) in [5, 5.41) is 2.29. The zero-order valence-corrected chi connectivity index (χ0v) is 14.0. The molecular weight excluding hydrogens is 376 g/mol. The van der Waals surface area contributed by atoms with Crippen molar-refractivity contribution >= 4 is 21.6 Å². The van der Waals surface area contributed by atoms with E-state index in [1.165, 1.54) is 24.3 Å². The van der Waals surface area contributed by atoms with Gasteiger partial charge in [0.15, 0.2) is 0 Å². The van der Waals surface area contributed by atoms with Crippen molar-refractivity contribution in [2.75, 3.05) is 11.9 Å². The fourth-order valence-electron chi connectivity index (χ4n) is 2.05. The van der Waals surface area contributed by atoms with Gasteiger partial charge < -0.3 is 5.32 Å². The molecule has 140 valence electrons. The summed E-state index contributed by atoms with van der Waals surface area (Å²) in [6, 6.07) is 8.90. The van der Waals surface area contributed by atoms with Crippen molar-refractivity contribution in [2.45, 2.75) is 11.9 Å². The SMILES string of the molecule is O=C(CNS(=O)(=O)Cc1cccc(C(F)(F)F)c1)Nc1cccc(F)c1. The number of hydrogen-bond donors (Lipinski definition) is 2. The molecule has 0 saturated carbocycles. The number of rotatable bonds is 6. The zero-order valence-electron chi connectivity index (χ0n) is 13.2. The molecule has 0 radical (unpaired) electrons. The second-order valence-electron chi connectivity index (χ2n) is 5.34. The third kappa shape index (κ3) is 6.12.